The van der Waals surface area contributed by atoms with Crippen molar-refractivity contribution in [1.82, 2.24) is 0 Å². The van der Waals surface area contributed by atoms with Crippen molar-refractivity contribution in [1.29, 1.82) is 10.7 Å². The number of anilines is 2. The molecule has 2 rings (SSSR count). The highest BCUT2D eigenvalue weighted by molar-refractivity contribution is 7.92. The summed E-state index contributed by atoms with van der Waals surface area (Å²) in [7, 11) is -3.73. The molecule has 2 aromatic carbocycles. The third-order valence-corrected chi connectivity index (χ3v) is 4.83. The lowest BCUT2D eigenvalue weighted by atomic mass is 10.1. The van der Waals surface area contributed by atoms with Crippen LogP contribution in [-0.2, 0) is 10.0 Å². The molecule has 0 spiro atoms. The normalized spacial score (nSPS) is 11.5. The van der Waals surface area contributed by atoms with Gasteiger partial charge in [-0.1, -0.05) is 17.7 Å². The fourth-order valence-corrected chi connectivity index (χ4v) is 3.24. The molecule has 9 heteroatoms. The molecule has 0 aliphatic heterocycles. The van der Waals surface area contributed by atoms with Crippen LogP contribution in [0.15, 0.2) is 52.5 Å². The molecule has 0 heterocycles. The molecule has 5 N–H and O–H groups in total. The second kappa shape index (κ2) is 7.67. The first-order valence-corrected chi connectivity index (χ1v) is 8.99. The summed E-state index contributed by atoms with van der Waals surface area (Å²) in [4.78, 5) is 0.0825. The van der Waals surface area contributed by atoms with Crippen molar-refractivity contribution in [3.05, 3.63) is 53.6 Å². The third-order valence-electron chi connectivity index (χ3n) is 3.45. The highest BCUT2D eigenvalue weighted by atomic mass is 32.2. The number of amidine groups is 1. The summed E-state index contributed by atoms with van der Waals surface area (Å²) < 4.78 is 27.6. The molecule has 0 saturated carbocycles. The van der Waals surface area contributed by atoms with E-state index in [0.717, 1.165) is 11.1 Å². The molecule has 0 amide bonds. The van der Waals surface area contributed by atoms with Gasteiger partial charge in [0.15, 0.2) is 5.84 Å². The van der Waals surface area contributed by atoms with Crippen LogP contribution in [0.25, 0.3) is 0 Å². The van der Waals surface area contributed by atoms with Crippen molar-refractivity contribution in [2.45, 2.75) is 18.7 Å². The minimum absolute atomic E-state index is 0.0825. The Bertz CT molecular complexity index is 1000. The summed E-state index contributed by atoms with van der Waals surface area (Å²) >= 11 is 0. The van der Waals surface area contributed by atoms with Gasteiger partial charge in [0.1, 0.15) is 6.07 Å². The molecular weight excluding hydrogens is 352 g/mol. The molecule has 2 aromatic rings. The number of aryl methyl sites for hydroxylation is 2. The smallest absolute Gasteiger partial charge is 0.261 e. The predicted molar refractivity (Wildman–Crippen MR) is 102 cm³/mol. The van der Waals surface area contributed by atoms with Gasteiger partial charge in [0.2, 0.25) is 5.71 Å². The summed E-state index contributed by atoms with van der Waals surface area (Å²) in [5, 5.41) is 19.6. The van der Waals surface area contributed by atoms with E-state index in [9.17, 15) is 8.42 Å². The number of nitrogens with one attached hydrogen (secondary N) is 3. The van der Waals surface area contributed by atoms with E-state index in [1.54, 1.807) is 12.1 Å². The summed E-state index contributed by atoms with van der Waals surface area (Å²) in [6, 6.07) is 12.9. The fraction of sp³-hybridized carbons (Fsp3) is 0.118. The van der Waals surface area contributed by atoms with E-state index in [4.69, 9.17) is 16.4 Å². The van der Waals surface area contributed by atoms with Crippen LogP contribution in [0, 0.1) is 30.6 Å². The van der Waals surface area contributed by atoms with Crippen LogP contribution in [0.5, 0.6) is 0 Å². The Labute approximate surface area is 151 Å². The number of nitrogens with two attached hydrogens (primary N) is 1. The van der Waals surface area contributed by atoms with Gasteiger partial charge in [-0.15, -0.1) is 0 Å². The average molecular weight is 370 g/mol. The van der Waals surface area contributed by atoms with Gasteiger partial charge in [0, 0.05) is 0 Å². The van der Waals surface area contributed by atoms with Crippen molar-refractivity contribution < 1.29 is 8.42 Å². The topological polar surface area (TPSA) is 144 Å². The lowest BCUT2D eigenvalue weighted by Gasteiger charge is -2.11. The molecule has 0 aliphatic rings. The highest BCUT2D eigenvalue weighted by Crippen LogP contribution is 2.21. The summed E-state index contributed by atoms with van der Waals surface area (Å²) in [6.45, 7) is 3.76. The van der Waals surface area contributed by atoms with Crippen LogP contribution in [0.2, 0.25) is 0 Å². The number of nitrogens with zero attached hydrogens (tertiary/aromatic N) is 2. The maximum absolute atomic E-state index is 12.5. The van der Waals surface area contributed by atoms with E-state index in [2.05, 4.69) is 15.2 Å². The molecule has 0 atom stereocenters. The zero-order valence-corrected chi connectivity index (χ0v) is 15.1. The molecule has 0 radical (unpaired) electrons. The zero-order chi connectivity index (χ0) is 19.3. The molecule has 26 heavy (non-hydrogen) atoms. The van der Waals surface area contributed by atoms with Crippen molar-refractivity contribution in [3.63, 3.8) is 0 Å². The predicted octanol–water partition coefficient (Wildman–Crippen LogP) is 2.33. The van der Waals surface area contributed by atoms with E-state index in [-0.39, 0.29) is 10.6 Å². The Hall–Kier alpha value is -3.38. The Morgan fingerprint density at radius 3 is 2.38 bits per heavy atom. The number of hydrogen-bond acceptors (Lipinski definition) is 6. The zero-order valence-electron chi connectivity index (χ0n) is 14.2. The highest BCUT2D eigenvalue weighted by Gasteiger charge is 2.15. The molecular formula is C17H18N6O2S. The van der Waals surface area contributed by atoms with Crippen LogP contribution < -0.4 is 15.9 Å². The number of hydrogen-bond donors (Lipinski definition) is 4. The second-order valence-electron chi connectivity index (χ2n) is 5.55. The van der Waals surface area contributed by atoms with E-state index < -0.39 is 15.9 Å². The van der Waals surface area contributed by atoms with Gasteiger partial charge in [-0.25, -0.2) is 8.42 Å². The number of nitriles is 1. The maximum Gasteiger partial charge on any atom is 0.261 e. The van der Waals surface area contributed by atoms with Crippen LogP contribution in [-0.4, -0.2) is 20.0 Å². The Kier molecular flexibility index (Phi) is 5.59. The summed E-state index contributed by atoms with van der Waals surface area (Å²) in [5.74, 6) is -0.461. The van der Waals surface area contributed by atoms with E-state index in [1.807, 2.05) is 26.0 Å². The van der Waals surface area contributed by atoms with Gasteiger partial charge in [-0.3, -0.25) is 15.6 Å². The molecule has 0 bridgehead atoms. The summed E-state index contributed by atoms with van der Waals surface area (Å²) in [5.41, 5.74) is 10.3. The van der Waals surface area contributed by atoms with Gasteiger partial charge >= 0.3 is 0 Å². The Morgan fingerprint density at radius 1 is 1.19 bits per heavy atom. The van der Waals surface area contributed by atoms with Gasteiger partial charge in [-0.2, -0.15) is 10.4 Å². The van der Waals surface area contributed by atoms with Gasteiger partial charge in [0.25, 0.3) is 10.0 Å². The van der Waals surface area contributed by atoms with Crippen LogP contribution in [0.3, 0.4) is 0 Å². The van der Waals surface area contributed by atoms with Gasteiger partial charge in [-0.05, 0) is 49.7 Å². The number of benzene rings is 2. The first kappa shape index (κ1) is 19.0. The van der Waals surface area contributed by atoms with Crippen molar-refractivity contribution in [3.8, 4) is 6.07 Å². The monoisotopic (exact) mass is 370 g/mol. The first-order valence-electron chi connectivity index (χ1n) is 7.51. The summed E-state index contributed by atoms with van der Waals surface area (Å²) in [6.07, 6.45) is 0. The molecule has 0 aliphatic carbocycles. The minimum Gasteiger partial charge on any atom is -0.382 e. The number of rotatable bonds is 6. The van der Waals surface area contributed by atoms with E-state index in [1.165, 1.54) is 24.3 Å². The largest absolute Gasteiger partial charge is 0.382 e. The van der Waals surface area contributed by atoms with Crippen LogP contribution >= 0.6 is 0 Å². The molecule has 0 unspecified atom stereocenters. The van der Waals surface area contributed by atoms with Crippen LogP contribution in [0.4, 0.5) is 11.4 Å². The minimum atomic E-state index is -3.73. The maximum atomic E-state index is 12.5. The molecule has 0 aromatic heterocycles. The van der Waals surface area contributed by atoms with Gasteiger partial charge < -0.3 is 5.73 Å². The first-order chi connectivity index (χ1) is 12.2. The van der Waals surface area contributed by atoms with Crippen LogP contribution in [0.1, 0.15) is 11.1 Å². The third kappa shape index (κ3) is 4.58. The van der Waals surface area contributed by atoms with E-state index in [0.29, 0.717) is 11.4 Å². The van der Waals surface area contributed by atoms with E-state index >= 15 is 0 Å². The standard InChI is InChI=1S/C17H18N6O2S/c1-11-3-8-15(12(2)9-11)23-26(24,25)14-6-4-13(5-7-14)21-22-16(10-18)17(19)20/h3-9,21,23H,1-2H3,(H3,19,20)/b22-16+. The number of hydrazone groups is 1. The molecule has 0 fully saturated rings. The molecule has 8 nitrogen and oxygen atoms in total. The Morgan fingerprint density at radius 2 is 1.85 bits per heavy atom. The second-order valence-corrected chi connectivity index (χ2v) is 7.23. The Balaban J connectivity index is 2.18. The fourth-order valence-electron chi connectivity index (χ4n) is 2.11. The number of sulfonamides is 1. The SMILES string of the molecule is Cc1ccc(NS(=O)(=O)c2ccc(N/N=C(\C#N)C(=N)N)cc2)c(C)c1. The molecule has 134 valence electrons. The van der Waals surface area contributed by atoms with Crippen molar-refractivity contribution in [2.24, 2.45) is 10.8 Å². The lowest BCUT2D eigenvalue weighted by molar-refractivity contribution is 0.601. The van der Waals surface area contributed by atoms with Crippen molar-refractivity contribution >= 4 is 32.9 Å². The van der Waals surface area contributed by atoms with Gasteiger partial charge in [0.05, 0.1) is 16.3 Å². The quantitative estimate of drug-likeness (QED) is 0.350. The lowest BCUT2D eigenvalue weighted by Crippen LogP contribution is -2.21. The molecule has 0 saturated heterocycles. The average Bonchev–Trinajstić information content (AvgIpc) is 2.58. The van der Waals surface area contributed by atoms with Crippen molar-refractivity contribution in [2.75, 3.05) is 10.1 Å².